The van der Waals surface area contributed by atoms with Gasteiger partial charge in [-0.25, -0.2) is 4.79 Å². The van der Waals surface area contributed by atoms with Gasteiger partial charge in [0.15, 0.2) is 0 Å². The van der Waals surface area contributed by atoms with Crippen molar-refractivity contribution in [3.05, 3.63) is 35.9 Å². The van der Waals surface area contributed by atoms with Crippen molar-refractivity contribution in [1.82, 2.24) is 15.5 Å². The topological polar surface area (TPSA) is 44.4 Å². The molecule has 2 amide bonds. The standard InChI is InChI=1S/C14H19N3O/c18-14-16-13(11-5-2-1-3-6-11)10-17(14)9-12-7-4-8-15-12/h1-3,5-6,12-13,15H,4,7-10H2,(H,16,18). The number of rotatable bonds is 3. The Balaban J connectivity index is 1.63. The van der Waals surface area contributed by atoms with Gasteiger partial charge in [-0.15, -0.1) is 0 Å². The van der Waals surface area contributed by atoms with Crippen LogP contribution in [0.2, 0.25) is 0 Å². The van der Waals surface area contributed by atoms with Crippen molar-refractivity contribution in [2.24, 2.45) is 0 Å². The Morgan fingerprint density at radius 3 is 2.83 bits per heavy atom. The maximum atomic E-state index is 11.9. The van der Waals surface area contributed by atoms with E-state index in [-0.39, 0.29) is 12.1 Å². The predicted molar refractivity (Wildman–Crippen MR) is 70.3 cm³/mol. The minimum Gasteiger partial charge on any atom is -0.329 e. The summed E-state index contributed by atoms with van der Waals surface area (Å²) in [6.07, 6.45) is 2.40. The number of urea groups is 1. The molecule has 0 aliphatic carbocycles. The summed E-state index contributed by atoms with van der Waals surface area (Å²) >= 11 is 0. The minimum atomic E-state index is 0.0672. The third kappa shape index (κ3) is 2.34. The molecule has 2 fully saturated rings. The second kappa shape index (κ2) is 4.98. The monoisotopic (exact) mass is 245 g/mol. The van der Waals surface area contributed by atoms with E-state index in [1.807, 2.05) is 23.1 Å². The molecule has 2 saturated heterocycles. The first-order valence-corrected chi connectivity index (χ1v) is 6.67. The summed E-state index contributed by atoms with van der Waals surface area (Å²) in [5.41, 5.74) is 1.19. The van der Waals surface area contributed by atoms with Gasteiger partial charge in [0.25, 0.3) is 0 Å². The molecule has 0 saturated carbocycles. The zero-order chi connectivity index (χ0) is 12.4. The Hall–Kier alpha value is -1.55. The van der Waals surface area contributed by atoms with Gasteiger partial charge in [0, 0.05) is 19.1 Å². The van der Waals surface area contributed by atoms with E-state index in [9.17, 15) is 4.79 Å². The van der Waals surface area contributed by atoms with Gasteiger partial charge in [0.05, 0.1) is 6.04 Å². The molecule has 2 heterocycles. The van der Waals surface area contributed by atoms with Gasteiger partial charge in [-0.3, -0.25) is 0 Å². The van der Waals surface area contributed by atoms with Gasteiger partial charge in [0.1, 0.15) is 0 Å². The van der Waals surface area contributed by atoms with Gasteiger partial charge in [0.2, 0.25) is 0 Å². The van der Waals surface area contributed by atoms with Crippen molar-refractivity contribution >= 4 is 6.03 Å². The first kappa shape index (κ1) is 11.5. The van der Waals surface area contributed by atoms with Crippen LogP contribution in [-0.4, -0.2) is 36.6 Å². The number of carbonyl (C=O) groups is 1. The van der Waals surface area contributed by atoms with Crippen molar-refractivity contribution in [3.8, 4) is 0 Å². The van der Waals surface area contributed by atoms with Crippen LogP contribution < -0.4 is 10.6 Å². The van der Waals surface area contributed by atoms with E-state index in [2.05, 4.69) is 22.8 Å². The first-order valence-electron chi connectivity index (χ1n) is 6.67. The van der Waals surface area contributed by atoms with Crippen LogP contribution in [-0.2, 0) is 0 Å². The number of benzene rings is 1. The summed E-state index contributed by atoms with van der Waals surface area (Å²) in [7, 11) is 0. The summed E-state index contributed by atoms with van der Waals surface area (Å²) in [6, 6.07) is 10.9. The van der Waals surface area contributed by atoms with Crippen LogP contribution in [0.15, 0.2) is 30.3 Å². The molecule has 4 nitrogen and oxygen atoms in total. The van der Waals surface area contributed by atoms with Crippen molar-refractivity contribution in [3.63, 3.8) is 0 Å². The molecule has 3 rings (SSSR count). The Bertz CT molecular complexity index is 414. The quantitative estimate of drug-likeness (QED) is 0.847. The van der Waals surface area contributed by atoms with E-state index in [0.717, 1.165) is 19.6 Å². The third-order valence-corrected chi connectivity index (χ3v) is 3.79. The van der Waals surface area contributed by atoms with E-state index in [4.69, 9.17) is 0 Å². The number of hydrogen-bond acceptors (Lipinski definition) is 2. The number of carbonyl (C=O) groups excluding carboxylic acids is 1. The lowest BCUT2D eigenvalue weighted by atomic mass is 10.1. The Morgan fingerprint density at radius 2 is 2.11 bits per heavy atom. The van der Waals surface area contributed by atoms with Gasteiger partial charge in [-0.05, 0) is 24.9 Å². The summed E-state index contributed by atoms with van der Waals surface area (Å²) < 4.78 is 0. The summed E-state index contributed by atoms with van der Waals surface area (Å²) in [6.45, 7) is 2.69. The molecule has 2 unspecified atom stereocenters. The Kier molecular flexibility index (Phi) is 3.19. The fourth-order valence-corrected chi connectivity index (χ4v) is 2.80. The molecule has 0 aromatic heterocycles. The molecule has 1 aromatic rings. The normalized spacial score (nSPS) is 27.6. The third-order valence-electron chi connectivity index (χ3n) is 3.79. The molecule has 18 heavy (non-hydrogen) atoms. The van der Waals surface area contributed by atoms with Gasteiger partial charge >= 0.3 is 6.03 Å². The molecule has 2 aliphatic rings. The predicted octanol–water partition coefficient (Wildman–Crippen LogP) is 1.50. The van der Waals surface area contributed by atoms with Crippen LogP contribution in [0.3, 0.4) is 0 Å². The lowest BCUT2D eigenvalue weighted by Crippen LogP contribution is -2.39. The molecule has 0 bridgehead atoms. The van der Waals surface area contributed by atoms with E-state index in [1.54, 1.807) is 0 Å². The van der Waals surface area contributed by atoms with Crippen LogP contribution in [0.25, 0.3) is 0 Å². The van der Waals surface area contributed by atoms with Gasteiger partial charge < -0.3 is 15.5 Å². The number of hydrogen-bond donors (Lipinski definition) is 2. The molecule has 2 atom stereocenters. The van der Waals surface area contributed by atoms with Crippen LogP contribution in [0.1, 0.15) is 24.4 Å². The molecule has 0 radical (unpaired) electrons. The molecule has 96 valence electrons. The second-order valence-corrected chi connectivity index (χ2v) is 5.11. The summed E-state index contributed by atoms with van der Waals surface area (Å²) in [5.74, 6) is 0. The lowest BCUT2D eigenvalue weighted by molar-refractivity contribution is 0.213. The van der Waals surface area contributed by atoms with Gasteiger partial charge in [-0.1, -0.05) is 30.3 Å². The number of amides is 2. The highest BCUT2D eigenvalue weighted by Gasteiger charge is 2.31. The largest absolute Gasteiger partial charge is 0.329 e. The van der Waals surface area contributed by atoms with E-state index in [1.165, 1.54) is 18.4 Å². The van der Waals surface area contributed by atoms with Crippen molar-refractivity contribution in [2.75, 3.05) is 19.6 Å². The molecule has 2 aliphatic heterocycles. The van der Waals surface area contributed by atoms with Crippen LogP contribution >= 0.6 is 0 Å². The molecule has 2 N–H and O–H groups in total. The highest BCUT2D eigenvalue weighted by atomic mass is 16.2. The zero-order valence-electron chi connectivity index (χ0n) is 10.4. The van der Waals surface area contributed by atoms with Crippen molar-refractivity contribution in [1.29, 1.82) is 0 Å². The minimum absolute atomic E-state index is 0.0672. The van der Waals surface area contributed by atoms with Crippen LogP contribution in [0.4, 0.5) is 4.79 Å². The maximum absolute atomic E-state index is 11.9. The lowest BCUT2D eigenvalue weighted by Gasteiger charge is -2.19. The number of nitrogens with one attached hydrogen (secondary N) is 2. The first-order chi connectivity index (χ1) is 8.83. The molecular formula is C14H19N3O. The van der Waals surface area contributed by atoms with E-state index < -0.39 is 0 Å². The SMILES string of the molecule is O=C1NC(c2ccccc2)CN1CC1CCCN1. The summed E-state index contributed by atoms with van der Waals surface area (Å²) in [4.78, 5) is 13.9. The van der Waals surface area contributed by atoms with Crippen molar-refractivity contribution < 1.29 is 4.79 Å². The average Bonchev–Trinajstić information content (AvgIpc) is 3.02. The molecular weight excluding hydrogens is 226 g/mol. The van der Waals surface area contributed by atoms with Crippen LogP contribution in [0.5, 0.6) is 0 Å². The Morgan fingerprint density at radius 1 is 1.28 bits per heavy atom. The second-order valence-electron chi connectivity index (χ2n) is 5.11. The number of nitrogens with zero attached hydrogens (tertiary/aromatic N) is 1. The molecule has 4 heteroatoms. The highest BCUT2D eigenvalue weighted by Crippen LogP contribution is 2.20. The van der Waals surface area contributed by atoms with Gasteiger partial charge in [-0.2, -0.15) is 0 Å². The van der Waals surface area contributed by atoms with E-state index >= 15 is 0 Å². The average molecular weight is 245 g/mol. The maximum Gasteiger partial charge on any atom is 0.318 e. The van der Waals surface area contributed by atoms with E-state index in [0.29, 0.717) is 6.04 Å². The molecule has 1 aromatic carbocycles. The van der Waals surface area contributed by atoms with Crippen LogP contribution in [0, 0.1) is 0 Å². The smallest absolute Gasteiger partial charge is 0.318 e. The fraction of sp³-hybridized carbons (Fsp3) is 0.500. The van der Waals surface area contributed by atoms with Crippen molar-refractivity contribution in [2.45, 2.75) is 24.9 Å². The molecule has 0 spiro atoms. The highest BCUT2D eigenvalue weighted by molar-refractivity contribution is 5.77. The Labute approximate surface area is 107 Å². The zero-order valence-corrected chi connectivity index (χ0v) is 10.4. The fourth-order valence-electron chi connectivity index (χ4n) is 2.80. The summed E-state index contributed by atoms with van der Waals surface area (Å²) in [5, 5.41) is 6.49.